The molecule has 0 aliphatic carbocycles. The van der Waals surface area contributed by atoms with Gasteiger partial charge in [-0.1, -0.05) is 30.3 Å². The highest BCUT2D eigenvalue weighted by Gasteiger charge is 2.01. The lowest BCUT2D eigenvalue weighted by Gasteiger charge is -1.95. The number of carbonyl (C=O) groups excluding carboxylic acids is 1. The molecular weight excluding hydrogens is 228 g/mol. The molecule has 0 saturated carbocycles. The van der Waals surface area contributed by atoms with Crippen molar-refractivity contribution in [3.63, 3.8) is 0 Å². The zero-order chi connectivity index (χ0) is 12.8. The van der Waals surface area contributed by atoms with Crippen molar-refractivity contribution in [1.82, 2.24) is 0 Å². The van der Waals surface area contributed by atoms with Crippen LogP contribution in [0.3, 0.4) is 0 Å². The average Bonchev–Trinajstić information content (AvgIpc) is 2.39. The first-order valence-corrected chi connectivity index (χ1v) is 5.51. The van der Waals surface area contributed by atoms with Gasteiger partial charge in [0.2, 0.25) is 0 Å². The minimum absolute atomic E-state index is 0.157. The van der Waals surface area contributed by atoms with Crippen LogP contribution in [-0.2, 0) is 11.2 Å². The number of amides is 1. The van der Waals surface area contributed by atoms with Crippen LogP contribution < -0.4 is 0 Å². The average molecular weight is 240 g/mol. The van der Waals surface area contributed by atoms with Gasteiger partial charge >= 0.3 is 0 Å². The second-order valence-electron chi connectivity index (χ2n) is 3.77. The molecule has 0 heterocycles. The Balaban J connectivity index is 1.97. The third-order valence-corrected chi connectivity index (χ3v) is 2.32. The van der Waals surface area contributed by atoms with E-state index >= 15 is 0 Å². The number of phenolic OH excluding ortho intramolecular Hbond substituents is 1. The lowest BCUT2D eigenvalue weighted by Crippen LogP contribution is -1.97. The third kappa shape index (κ3) is 3.52. The first-order chi connectivity index (χ1) is 8.74. The molecular formula is C14H12N2O2. The van der Waals surface area contributed by atoms with Crippen LogP contribution in [0.2, 0.25) is 0 Å². The Hall–Kier alpha value is -2.49. The second-order valence-corrected chi connectivity index (χ2v) is 3.77. The molecule has 0 spiro atoms. The molecule has 0 atom stereocenters. The van der Waals surface area contributed by atoms with Crippen molar-refractivity contribution in [3.8, 4) is 5.75 Å². The number of hydrogen-bond donors (Lipinski definition) is 1. The number of hydrogen-bond acceptors (Lipinski definition) is 3. The maximum atomic E-state index is 11.5. The van der Waals surface area contributed by atoms with Gasteiger partial charge in [0.25, 0.3) is 5.91 Å². The van der Waals surface area contributed by atoms with E-state index in [1.165, 1.54) is 12.1 Å². The van der Waals surface area contributed by atoms with Gasteiger partial charge in [-0.15, -0.1) is 10.2 Å². The number of azo groups is 1. The van der Waals surface area contributed by atoms with Crippen LogP contribution in [0.4, 0.5) is 5.69 Å². The number of nitrogens with zero attached hydrogens (tertiary/aromatic N) is 2. The quantitative estimate of drug-likeness (QED) is 0.837. The van der Waals surface area contributed by atoms with Crippen molar-refractivity contribution in [2.45, 2.75) is 6.42 Å². The normalized spacial score (nSPS) is 10.7. The summed E-state index contributed by atoms with van der Waals surface area (Å²) in [4.78, 5) is 11.5. The van der Waals surface area contributed by atoms with Crippen molar-refractivity contribution in [2.75, 3.05) is 0 Å². The summed E-state index contributed by atoms with van der Waals surface area (Å²) in [6.45, 7) is 0. The van der Waals surface area contributed by atoms with Crippen LogP contribution in [0, 0.1) is 0 Å². The number of benzene rings is 2. The second kappa shape index (κ2) is 5.72. The molecule has 1 N–H and O–H groups in total. The molecule has 0 aliphatic rings. The molecule has 0 bridgehead atoms. The first-order valence-electron chi connectivity index (χ1n) is 5.51. The van der Waals surface area contributed by atoms with Gasteiger partial charge in [-0.3, -0.25) is 4.79 Å². The smallest absolute Gasteiger partial charge is 0.269 e. The first kappa shape index (κ1) is 12.0. The summed E-state index contributed by atoms with van der Waals surface area (Å²) >= 11 is 0. The van der Waals surface area contributed by atoms with E-state index in [9.17, 15) is 4.79 Å². The Morgan fingerprint density at radius 2 is 1.67 bits per heavy atom. The van der Waals surface area contributed by atoms with Crippen molar-refractivity contribution in [2.24, 2.45) is 10.2 Å². The van der Waals surface area contributed by atoms with E-state index in [0.717, 1.165) is 5.56 Å². The largest absolute Gasteiger partial charge is 0.508 e. The van der Waals surface area contributed by atoms with Crippen LogP contribution >= 0.6 is 0 Å². The standard InChI is InChI=1S/C14H12N2O2/c17-13-8-6-12(7-9-13)15-16-14(18)10-11-4-2-1-3-5-11/h1-9,17H,10H2. The number of rotatable bonds is 3. The van der Waals surface area contributed by atoms with E-state index in [4.69, 9.17) is 5.11 Å². The van der Waals surface area contributed by atoms with Crippen LogP contribution in [0.15, 0.2) is 64.8 Å². The fourth-order valence-electron chi connectivity index (χ4n) is 1.44. The van der Waals surface area contributed by atoms with E-state index in [2.05, 4.69) is 10.2 Å². The highest BCUT2D eigenvalue weighted by Crippen LogP contribution is 2.17. The van der Waals surface area contributed by atoms with Crippen LogP contribution in [0.5, 0.6) is 5.75 Å². The summed E-state index contributed by atoms with van der Waals surface area (Å²) in [5.41, 5.74) is 1.45. The molecule has 0 aromatic heterocycles. The molecule has 0 aliphatic heterocycles. The SMILES string of the molecule is O=C(Cc1ccccc1)N=Nc1ccc(O)cc1. The van der Waals surface area contributed by atoms with Gasteiger partial charge < -0.3 is 5.11 Å². The van der Waals surface area contributed by atoms with Crippen molar-refractivity contribution in [1.29, 1.82) is 0 Å². The fourth-order valence-corrected chi connectivity index (χ4v) is 1.44. The molecule has 4 heteroatoms. The van der Waals surface area contributed by atoms with Crippen LogP contribution in [0.25, 0.3) is 0 Å². The monoisotopic (exact) mass is 240 g/mol. The number of phenols is 1. The summed E-state index contributed by atoms with van der Waals surface area (Å²) < 4.78 is 0. The topological polar surface area (TPSA) is 62.0 Å². The zero-order valence-corrected chi connectivity index (χ0v) is 9.65. The summed E-state index contributed by atoms with van der Waals surface area (Å²) in [5.74, 6) is -0.140. The number of aromatic hydroxyl groups is 1. The summed E-state index contributed by atoms with van der Waals surface area (Å²) in [6.07, 6.45) is 0.239. The van der Waals surface area contributed by atoms with Crippen molar-refractivity contribution >= 4 is 11.6 Å². The molecule has 0 fully saturated rings. The zero-order valence-electron chi connectivity index (χ0n) is 9.65. The minimum Gasteiger partial charge on any atom is -0.508 e. The van der Waals surface area contributed by atoms with E-state index in [1.807, 2.05) is 30.3 Å². The molecule has 2 aromatic rings. The van der Waals surface area contributed by atoms with Crippen LogP contribution in [-0.4, -0.2) is 11.0 Å². The van der Waals surface area contributed by atoms with Gasteiger partial charge in [-0.05, 0) is 29.8 Å². The Bertz CT molecular complexity index is 548. The van der Waals surface area contributed by atoms with E-state index < -0.39 is 0 Å². The molecule has 0 unspecified atom stereocenters. The molecule has 0 radical (unpaired) electrons. The highest BCUT2D eigenvalue weighted by atomic mass is 16.3. The molecule has 1 amide bonds. The van der Waals surface area contributed by atoms with Gasteiger partial charge in [-0.25, -0.2) is 0 Å². The lowest BCUT2D eigenvalue weighted by molar-refractivity contribution is -0.117. The summed E-state index contributed by atoms with van der Waals surface area (Å²) in [7, 11) is 0. The third-order valence-electron chi connectivity index (χ3n) is 2.32. The summed E-state index contributed by atoms with van der Waals surface area (Å²) in [5, 5.41) is 16.5. The van der Waals surface area contributed by atoms with Gasteiger partial charge in [0, 0.05) is 0 Å². The van der Waals surface area contributed by atoms with Gasteiger partial charge in [0.15, 0.2) is 0 Å². The Labute approximate surface area is 105 Å². The predicted molar refractivity (Wildman–Crippen MR) is 67.8 cm³/mol. The molecule has 90 valence electrons. The van der Waals surface area contributed by atoms with E-state index in [-0.39, 0.29) is 18.1 Å². The number of carbonyl (C=O) groups is 1. The predicted octanol–water partition coefficient (Wildman–Crippen LogP) is 3.25. The molecule has 2 rings (SSSR count). The highest BCUT2D eigenvalue weighted by molar-refractivity contribution is 5.79. The van der Waals surface area contributed by atoms with Crippen LogP contribution in [0.1, 0.15) is 5.56 Å². The summed E-state index contributed by atoms with van der Waals surface area (Å²) in [6, 6.07) is 15.6. The van der Waals surface area contributed by atoms with Crippen molar-refractivity contribution in [3.05, 3.63) is 60.2 Å². The Kier molecular flexibility index (Phi) is 3.81. The maximum Gasteiger partial charge on any atom is 0.269 e. The van der Waals surface area contributed by atoms with Gasteiger partial charge in [0.05, 0.1) is 12.1 Å². The van der Waals surface area contributed by atoms with E-state index in [0.29, 0.717) is 5.69 Å². The molecule has 0 saturated heterocycles. The fraction of sp³-hybridized carbons (Fsp3) is 0.0714. The maximum absolute atomic E-state index is 11.5. The van der Waals surface area contributed by atoms with Gasteiger partial charge in [-0.2, -0.15) is 0 Å². The Morgan fingerprint density at radius 3 is 2.33 bits per heavy atom. The minimum atomic E-state index is -0.297. The van der Waals surface area contributed by atoms with Gasteiger partial charge in [0.1, 0.15) is 5.75 Å². The van der Waals surface area contributed by atoms with Crippen molar-refractivity contribution < 1.29 is 9.90 Å². The lowest BCUT2D eigenvalue weighted by atomic mass is 10.1. The molecule has 4 nitrogen and oxygen atoms in total. The molecule has 2 aromatic carbocycles. The Morgan fingerprint density at radius 1 is 1.00 bits per heavy atom. The van der Waals surface area contributed by atoms with E-state index in [1.54, 1.807) is 12.1 Å². The molecule has 18 heavy (non-hydrogen) atoms.